The maximum Gasteiger partial charge on any atom is 0.310 e. The molecule has 25 heavy (non-hydrogen) atoms. The number of hydrogen-bond donors (Lipinski definition) is 3. The van der Waals surface area contributed by atoms with Crippen LogP contribution in [-0.4, -0.2) is 22.9 Å². The lowest BCUT2D eigenvalue weighted by Gasteiger charge is -2.32. The Balaban J connectivity index is 2.17. The summed E-state index contributed by atoms with van der Waals surface area (Å²) in [5, 5.41) is 15.2. The number of carbonyl (C=O) groups excluding carboxylic acids is 2. The average Bonchev–Trinajstić information content (AvgIpc) is 2.54. The van der Waals surface area contributed by atoms with E-state index in [9.17, 15) is 19.5 Å². The van der Waals surface area contributed by atoms with Crippen LogP contribution in [0, 0.1) is 19.3 Å². The quantitative estimate of drug-likeness (QED) is 0.758. The minimum atomic E-state index is -0.957. The minimum absolute atomic E-state index is 0.0227. The van der Waals surface area contributed by atoms with Gasteiger partial charge in [0.15, 0.2) is 0 Å². The maximum atomic E-state index is 12.5. The molecule has 2 amide bonds. The largest absolute Gasteiger partial charge is 0.481 e. The highest BCUT2D eigenvalue weighted by atomic mass is 16.4. The first kappa shape index (κ1) is 19.0. The van der Waals surface area contributed by atoms with Gasteiger partial charge >= 0.3 is 5.97 Å². The van der Waals surface area contributed by atoms with E-state index in [0.29, 0.717) is 24.2 Å². The fourth-order valence-electron chi connectivity index (χ4n) is 3.55. The Labute approximate surface area is 148 Å². The van der Waals surface area contributed by atoms with Crippen molar-refractivity contribution in [3.8, 4) is 0 Å². The number of anilines is 2. The van der Waals surface area contributed by atoms with Gasteiger partial charge in [-0.25, -0.2) is 0 Å². The predicted octanol–water partition coefficient (Wildman–Crippen LogP) is 3.63. The number of aliphatic carboxylic acids is 1. The lowest BCUT2D eigenvalue weighted by molar-refractivity contribution is -0.153. The van der Waals surface area contributed by atoms with E-state index in [1.807, 2.05) is 19.9 Å². The molecule has 0 spiro atoms. The fraction of sp³-hybridized carbons (Fsp3) is 0.526. The van der Waals surface area contributed by atoms with E-state index < -0.39 is 11.4 Å². The standard InChI is InChI=1S/C19H26N2O4/c1-12-7-8-15(13(2)17(12)20-14(3)22)21-16(23)11-19(18(24)25)9-5-4-6-10-19/h7-8H,4-6,9-11H2,1-3H3,(H,20,22)(H,21,23)(H,24,25). The predicted molar refractivity (Wildman–Crippen MR) is 96.6 cm³/mol. The van der Waals surface area contributed by atoms with Gasteiger partial charge in [0.2, 0.25) is 11.8 Å². The van der Waals surface area contributed by atoms with Gasteiger partial charge in [0.1, 0.15) is 0 Å². The molecule has 0 heterocycles. The number of nitrogens with one attached hydrogen (secondary N) is 2. The monoisotopic (exact) mass is 346 g/mol. The van der Waals surface area contributed by atoms with E-state index in [-0.39, 0.29) is 18.2 Å². The lowest BCUT2D eigenvalue weighted by atomic mass is 9.71. The SMILES string of the molecule is CC(=O)Nc1c(C)ccc(NC(=O)CC2(C(=O)O)CCCCC2)c1C. The Kier molecular flexibility index (Phi) is 5.82. The van der Waals surface area contributed by atoms with Gasteiger partial charge in [-0.05, 0) is 43.9 Å². The van der Waals surface area contributed by atoms with Gasteiger partial charge < -0.3 is 15.7 Å². The van der Waals surface area contributed by atoms with Crippen molar-refractivity contribution in [2.75, 3.05) is 10.6 Å². The molecule has 0 atom stereocenters. The minimum Gasteiger partial charge on any atom is -0.481 e. The summed E-state index contributed by atoms with van der Waals surface area (Å²) in [6.45, 7) is 5.14. The molecule has 0 aliphatic heterocycles. The van der Waals surface area contributed by atoms with Crippen LogP contribution in [0.15, 0.2) is 12.1 Å². The second kappa shape index (κ2) is 7.68. The van der Waals surface area contributed by atoms with Crippen molar-refractivity contribution in [1.29, 1.82) is 0 Å². The second-order valence-corrected chi connectivity index (χ2v) is 6.98. The van der Waals surface area contributed by atoms with Gasteiger partial charge in [-0.1, -0.05) is 25.3 Å². The summed E-state index contributed by atoms with van der Waals surface area (Å²) in [5.41, 5.74) is 1.98. The molecule has 1 aromatic rings. The number of amides is 2. The van der Waals surface area contributed by atoms with Crippen LogP contribution in [-0.2, 0) is 14.4 Å². The van der Waals surface area contributed by atoms with Crippen molar-refractivity contribution in [3.63, 3.8) is 0 Å². The van der Waals surface area contributed by atoms with Crippen molar-refractivity contribution in [1.82, 2.24) is 0 Å². The topological polar surface area (TPSA) is 95.5 Å². The summed E-state index contributed by atoms with van der Waals surface area (Å²) in [6, 6.07) is 3.60. The number of carbonyl (C=O) groups is 3. The third-order valence-electron chi connectivity index (χ3n) is 5.01. The zero-order chi connectivity index (χ0) is 18.6. The molecule has 0 unspecified atom stereocenters. The second-order valence-electron chi connectivity index (χ2n) is 6.98. The molecule has 1 fully saturated rings. The third kappa shape index (κ3) is 4.38. The van der Waals surface area contributed by atoms with Crippen molar-refractivity contribution in [3.05, 3.63) is 23.3 Å². The molecule has 1 aromatic carbocycles. The summed E-state index contributed by atoms with van der Waals surface area (Å²) in [6.07, 6.45) is 3.77. The van der Waals surface area contributed by atoms with E-state index in [2.05, 4.69) is 10.6 Å². The Morgan fingerprint density at radius 2 is 1.72 bits per heavy atom. The van der Waals surface area contributed by atoms with Crippen LogP contribution >= 0.6 is 0 Å². The summed E-state index contributed by atoms with van der Waals surface area (Å²) < 4.78 is 0. The molecule has 6 heteroatoms. The number of aryl methyl sites for hydroxylation is 1. The van der Waals surface area contributed by atoms with Crippen LogP contribution in [0.5, 0.6) is 0 Å². The molecule has 2 rings (SSSR count). The summed E-state index contributed by atoms with van der Waals surface area (Å²) >= 11 is 0. The Bertz CT molecular complexity index is 691. The molecule has 1 saturated carbocycles. The zero-order valence-electron chi connectivity index (χ0n) is 15.1. The van der Waals surface area contributed by atoms with Crippen LogP contribution in [0.4, 0.5) is 11.4 Å². The first-order valence-corrected chi connectivity index (χ1v) is 8.66. The smallest absolute Gasteiger partial charge is 0.310 e. The molecule has 1 aliphatic carbocycles. The van der Waals surface area contributed by atoms with Crippen molar-refractivity contribution in [2.45, 2.75) is 59.3 Å². The van der Waals surface area contributed by atoms with Crippen LogP contribution in [0.2, 0.25) is 0 Å². The molecule has 136 valence electrons. The van der Waals surface area contributed by atoms with E-state index in [0.717, 1.165) is 30.4 Å². The van der Waals surface area contributed by atoms with Gasteiger partial charge in [-0.2, -0.15) is 0 Å². The first-order valence-electron chi connectivity index (χ1n) is 8.66. The van der Waals surface area contributed by atoms with E-state index in [1.54, 1.807) is 6.07 Å². The van der Waals surface area contributed by atoms with Crippen LogP contribution in [0.1, 0.15) is 56.6 Å². The zero-order valence-corrected chi connectivity index (χ0v) is 15.1. The summed E-state index contributed by atoms with van der Waals surface area (Å²) in [5.74, 6) is -1.37. The highest BCUT2D eigenvalue weighted by Gasteiger charge is 2.41. The Morgan fingerprint density at radius 3 is 2.28 bits per heavy atom. The fourth-order valence-corrected chi connectivity index (χ4v) is 3.55. The van der Waals surface area contributed by atoms with Gasteiger partial charge in [0.05, 0.1) is 5.41 Å². The number of hydrogen-bond acceptors (Lipinski definition) is 3. The maximum absolute atomic E-state index is 12.5. The Morgan fingerprint density at radius 1 is 1.08 bits per heavy atom. The molecule has 6 nitrogen and oxygen atoms in total. The Hall–Kier alpha value is -2.37. The average molecular weight is 346 g/mol. The van der Waals surface area contributed by atoms with Crippen LogP contribution in [0.25, 0.3) is 0 Å². The lowest BCUT2D eigenvalue weighted by Crippen LogP contribution is -2.37. The summed E-state index contributed by atoms with van der Waals surface area (Å²) in [7, 11) is 0. The van der Waals surface area contributed by atoms with Gasteiger partial charge in [0, 0.05) is 24.7 Å². The van der Waals surface area contributed by atoms with Crippen LogP contribution in [0.3, 0.4) is 0 Å². The van der Waals surface area contributed by atoms with Gasteiger partial charge in [-0.3, -0.25) is 14.4 Å². The number of rotatable bonds is 5. The molecule has 0 aromatic heterocycles. The van der Waals surface area contributed by atoms with Crippen LogP contribution < -0.4 is 10.6 Å². The van der Waals surface area contributed by atoms with Crippen molar-refractivity contribution in [2.24, 2.45) is 5.41 Å². The molecule has 3 N–H and O–H groups in total. The molecule has 0 radical (unpaired) electrons. The molecule has 1 aliphatic rings. The molecular formula is C19H26N2O4. The highest BCUT2D eigenvalue weighted by molar-refractivity contribution is 5.97. The number of carboxylic acid groups (broad SMARTS) is 1. The third-order valence-corrected chi connectivity index (χ3v) is 5.01. The van der Waals surface area contributed by atoms with Crippen molar-refractivity contribution < 1.29 is 19.5 Å². The molecule has 0 saturated heterocycles. The first-order chi connectivity index (χ1) is 11.7. The number of benzene rings is 1. The van der Waals surface area contributed by atoms with Gasteiger partial charge in [0.25, 0.3) is 0 Å². The van der Waals surface area contributed by atoms with Crippen molar-refractivity contribution >= 4 is 29.2 Å². The summed E-state index contributed by atoms with van der Waals surface area (Å²) in [4.78, 5) is 35.6. The molecule has 0 bridgehead atoms. The van der Waals surface area contributed by atoms with E-state index >= 15 is 0 Å². The molecular weight excluding hydrogens is 320 g/mol. The van der Waals surface area contributed by atoms with E-state index in [4.69, 9.17) is 0 Å². The van der Waals surface area contributed by atoms with Gasteiger partial charge in [-0.15, -0.1) is 0 Å². The highest BCUT2D eigenvalue weighted by Crippen LogP contribution is 2.40. The van der Waals surface area contributed by atoms with E-state index in [1.165, 1.54) is 6.92 Å². The normalized spacial score (nSPS) is 16.1. The number of carboxylic acids is 1.